The van der Waals surface area contributed by atoms with Gasteiger partial charge < -0.3 is 45.6 Å². The molecule has 33 nitrogen and oxygen atoms in total. The third-order valence-corrected chi connectivity index (χ3v) is 23.5. The van der Waals surface area contributed by atoms with Crippen LogP contribution >= 0.6 is 58.2 Å². The molecule has 7 N–H and O–H groups in total. The highest BCUT2D eigenvalue weighted by Crippen LogP contribution is 2.26. The van der Waals surface area contributed by atoms with Crippen LogP contribution < -0.4 is 21.3 Å². The van der Waals surface area contributed by atoms with Crippen LogP contribution in [0.15, 0.2) is 200 Å². The Hall–Kier alpha value is -13.8. The summed E-state index contributed by atoms with van der Waals surface area (Å²) in [5.74, 6) is 3.69. The number of halogens is 4. The highest BCUT2D eigenvalue weighted by atomic mass is 35.5. The number of hydrogen-bond donors (Lipinski definition) is 7. The lowest BCUT2D eigenvalue weighted by Crippen LogP contribution is -2.40. The number of likely N-dealkylation sites (N-methyl/N-ethyl adjacent to an activating group) is 1. The molecule has 12 aromatic rings. The number of aliphatic imine (C=N–C) groups is 1. The van der Waals surface area contributed by atoms with Gasteiger partial charge in [-0.05, 0) is 67.8 Å². The summed E-state index contributed by atoms with van der Waals surface area (Å²) in [6.07, 6.45) is 15.1. The standard InChI is InChI=1S/C24H25ClN6O2.C23H23ClN6O3.C23H23ClN6O2S.C22H21ClN6O2/c1-30-20(19(15-28-30)24(33)29-22-10-9-18(25)14-27-22)13-21(32)16-5-7-17(8-6-16)23(26)31-11-3-2-4-12-31;2*1-29-19(18(14-27-29)23(32)28-21-7-6-17(24)13-26-21)12-20(31)15-2-4-16(5-3-15)22(25)30-8-10-33-11-9-30;1-28-10-9-24-21(28)15-5-3-14(4-6-15)19(30)11-18-17(13-26-29(18)2)22(31)27-20-8-7-16(23)12-25-20/h5-10,14-15,26H,2-4,11-13H2,1H3,(H,27,29,33);2*2-7,13-14,25H,8-12H2,1H3,(H,26,28,32);3-8,12-13H,9-11H2,1-2H3,(H,25,27,31). The molecule has 4 aliphatic heterocycles. The van der Waals surface area contributed by atoms with Gasteiger partial charge in [-0.3, -0.25) is 78.3 Å². The fourth-order valence-electron chi connectivity index (χ4n) is 14.3. The second-order valence-electron chi connectivity index (χ2n) is 30.4. The molecule has 3 saturated heterocycles. The van der Waals surface area contributed by atoms with Crippen LogP contribution in [0.4, 0.5) is 23.3 Å². The zero-order valence-corrected chi connectivity index (χ0v) is 75.4. The molecule has 4 aromatic carbocycles. The second kappa shape index (κ2) is 44.3. The number of ether oxygens (including phenoxy) is 1. The Morgan fingerprint density at radius 2 is 0.623 bits per heavy atom. The summed E-state index contributed by atoms with van der Waals surface area (Å²) < 4.78 is 11.5. The smallest absolute Gasteiger partial charge is 0.260 e. The molecule has 0 aliphatic carbocycles. The number of likely N-dealkylation sites (tertiary alicyclic amines) is 1. The number of ketones is 4. The van der Waals surface area contributed by atoms with Gasteiger partial charge in [-0.25, -0.2) is 19.9 Å². The average molecular weight is 1850 g/mol. The maximum absolute atomic E-state index is 13.0. The number of carbonyl (C=O) groups excluding carboxylic acids is 8. The number of Topliss-reactive ketones (excluding diaryl/α,β-unsaturated/α-hetero) is 4. The normalized spacial score (nSPS) is 13.5. The van der Waals surface area contributed by atoms with Gasteiger partial charge in [-0.15, -0.1) is 0 Å². The highest BCUT2D eigenvalue weighted by Gasteiger charge is 2.28. The number of amidine groups is 4. The molecule has 8 aromatic heterocycles. The number of thioether (sulfide) groups is 1. The van der Waals surface area contributed by atoms with Crippen molar-refractivity contribution < 1.29 is 43.1 Å². The van der Waals surface area contributed by atoms with E-state index >= 15 is 0 Å². The first kappa shape index (κ1) is 93.9. The SMILES string of the molecule is CN1CCN=C1c1ccc(C(=O)Cc2c(C(=O)Nc3ccc(Cl)cn3)cnn2C)cc1.Cn1ncc(C(=O)Nc2ccc(Cl)cn2)c1CC(=O)c1ccc(C(=N)N2CCCCC2)cc1.Cn1ncc(C(=O)Nc2ccc(Cl)cn2)c1CC(=O)c1ccc(C(=N)N2CCOCC2)cc1.Cn1ncc(C(=O)Nc2ccc(Cl)cn2)c1CC(=O)c1ccc(C(=N)N2CCSCC2)cc1. The molecule has 38 heteroatoms. The van der Waals surface area contributed by atoms with Crippen LogP contribution in [0.25, 0.3) is 0 Å². The number of piperidine rings is 1. The van der Waals surface area contributed by atoms with Crippen molar-refractivity contribution in [3.05, 3.63) is 305 Å². The number of hydrogen-bond acceptors (Lipinski definition) is 23. The van der Waals surface area contributed by atoms with E-state index in [0.717, 1.165) is 91.7 Å². The van der Waals surface area contributed by atoms with Crippen LogP contribution in [-0.4, -0.2) is 233 Å². The molecule has 668 valence electrons. The van der Waals surface area contributed by atoms with E-state index in [1.165, 1.54) is 70.0 Å². The van der Waals surface area contributed by atoms with E-state index in [1.54, 1.807) is 154 Å². The second-order valence-corrected chi connectivity index (χ2v) is 33.4. The Kier molecular flexibility index (Phi) is 32.0. The van der Waals surface area contributed by atoms with Gasteiger partial charge >= 0.3 is 0 Å². The van der Waals surface area contributed by atoms with Gasteiger partial charge in [-0.1, -0.05) is 143 Å². The number of nitrogens with one attached hydrogen (secondary N) is 7. The molecule has 0 radical (unpaired) electrons. The van der Waals surface area contributed by atoms with Gasteiger partial charge in [0.15, 0.2) is 23.1 Å². The Morgan fingerprint density at radius 1 is 0.346 bits per heavy atom. The van der Waals surface area contributed by atoms with Crippen molar-refractivity contribution in [2.45, 2.75) is 44.9 Å². The fraction of sp³-hybridized carbons (Fsp3) is 0.261. The van der Waals surface area contributed by atoms with Crippen LogP contribution in [0.1, 0.15) is 147 Å². The van der Waals surface area contributed by atoms with Gasteiger partial charge in [0.1, 0.15) is 46.6 Å². The molecular weight excluding hydrogens is 1760 g/mol. The molecule has 12 heterocycles. The first-order valence-electron chi connectivity index (χ1n) is 41.4. The van der Waals surface area contributed by atoms with Gasteiger partial charge in [0.2, 0.25) is 0 Å². The Bertz CT molecular complexity index is 5710. The van der Waals surface area contributed by atoms with E-state index in [2.05, 4.69) is 81.3 Å². The number of carbonyl (C=O) groups is 8. The summed E-state index contributed by atoms with van der Waals surface area (Å²) >= 11 is 25.2. The minimum Gasteiger partial charge on any atom is -0.378 e. The first-order valence-corrected chi connectivity index (χ1v) is 44.1. The molecule has 130 heavy (non-hydrogen) atoms. The lowest BCUT2D eigenvalue weighted by molar-refractivity contribution is 0.0680. The predicted molar refractivity (Wildman–Crippen MR) is 501 cm³/mol. The summed E-state index contributed by atoms with van der Waals surface area (Å²) in [6, 6.07) is 41.5. The number of amides is 4. The van der Waals surface area contributed by atoms with Gasteiger partial charge in [0, 0.05) is 162 Å². The average Bonchev–Trinajstić information content (AvgIpc) is 1.67. The fourth-order valence-corrected chi connectivity index (χ4v) is 15.7. The number of aromatic nitrogens is 12. The van der Waals surface area contributed by atoms with Crippen molar-refractivity contribution in [3.63, 3.8) is 0 Å². The van der Waals surface area contributed by atoms with Gasteiger partial charge in [0.25, 0.3) is 23.6 Å². The number of nitrogens with zero attached hydrogens (tertiary/aromatic N) is 17. The van der Waals surface area contributed by atoms with E-state index in [0.29, 0.717) is 154 Å². The third kappa shape index (κ3) is 24.6. The van der Waals surface area contributed by atoms with Crippen molar-refractivity contribution in [2.75, 3.05) is 105 Å². The maximum atomic E-state index is 13.0. The Morgan fingerprint density at radius 3 is 0.900 bits per heavy atom. The number of aryl methyl sites for hydroxylation is 4. The number of morpholine rings is 1. The van der Waals surface area contributed by atoms with Crippen LogP contribution in [-0.2, 0) is 58.6 Å². The molecule has 4 aliphatic rings. The van der Waals surface area contributed by atoms with Crippen LogP contribution in [0.2, 0.25) is 20.1 Å². The van der Waals surface area contributed by atoms with Crippen LogP contribution in [0.5, 0.6) is 0 Å². The zero-order chi connectivity index (χ0) is 92.1. The lowest BCUT2D eigenvalue weighted by Gasteiger charge is -2.29. The summed E-state index contributed by atoms with van der Waals surface area (Å²) in [5, 5.41) is 54.6. The minimum absolute atomic E-state index is 0.00750. The van der Waals surface area contributed by atoms with Crippen molar-refractivity contribution in [3.8, 4) is 0 Å². The molecule has 0 spiro atoms. The van der Waals surface area contributed by atoms with E-state index < -0.39 is 17.7 Å². The topological polar surface area (TPSA) is 414 Å². The van der Waals surface area contributed by atoms with Crippen LogP contribution in [0.3, 0.4) is 0 Å². The molecule has 0 unspecified atom stereocenters. The largest absolute Gasteiger partial charge is 0.378 e. The molecular formula is C92H92Cl4N24O9S. The Labute approximate surface area is 772 Å². The van der Waals surface area contributed by atoms with Gasteiger partial charge in [-0.2, -0.15) is 32.2 Å². The van der Waals surface area contributed by atoms with Crippen molar-refractivity contribution >= 4 is 152 Å². The zero-order valence-electron chi connectivity index (χ0n) is 71.6. The summed E-state index contributed by atoms with van der Waals surface area (Å²) in [7, 11) is 8.79. The monoisotopic (exact) mass is 1850 g/mol. The van der Waals surface area contributed by atoms with Crippen molar-refractivity contribution in [1.29, 1.82) is 16.2 Å². The first-order chi connectivity index (χ1) is 62.7. The third-order valence-electron chi connectivity index (χ3n) is 21.7. The molecule has 0 bridgehead atoms. The number of pyridine rings is 4. The molecule has 0 atom stereocenters. The Balaban J connectivity index is 0.000000148. The molecule has 4 amide bonds. The van der Waals surface area contributed by atoms with Crippen molar-refractivity contribution in [1.82, 2.24) is 78.7 Å². The van der Waals surface area contributed by atoms with Crippen LogP contribution in [0, 0.1) is 16.2 Å². The van der Waals surface area contributed by atoms with Gasteiger partial charge in [0.05, 0.1) is 135 Å². The van der Waals surface area contributed by atoms with E-state index in [1.807, 2.05) is 48.0 Å². The van der Waals surface area contributed by atoms with E-state index in [-0.39, 0.29) is 54.7 Å². The maximum Gasteiger partial charge on any atom is 0.260 e. The summed E-state index contributed by atoms with van der Waals surface area (Å²) in [4.78, 5) is 132. The molecule has 16 rings (SSSR count). The molecule has 0 saturated carbocycles. The quantitative estimate of drug-likeness (QED) is 0.0168. The van der Waals surface area contributed by atoms with Crippen molar-refractivity contribution in [2.24, 2.45) is 33.2 Å². The number of rotatable bonds is 24. The number of anilines is 4. The highest BCUT2D eigenvalue weighted by molar-refractivity contribution is 7.99. The lowest BCUT2D eigenvalue weighted by atomic mass is 10.0. The minimum atomic E-state index is -0.407. The number of benzene rings is 4. The molecule has 3 fully saturated rings. The van der Waals surface area contributed by atoms with E-state index in [4.69, 9.17) is 67.4 Å². The van der Waals surface area contributed by atoms with E-state index in [9.17, 15) is 38.4 Å². The summed E-state index contributed by atoms with van der Waals surface area (Å²) in [6.45, 7) is 7.76. The summed E-state index contributed by atoms with van der Waals surface area (Å²) in [5.41, 5.74) is 8.70. The predicted octanol–water partition coefficient (Wildman–Crippen LogP) is 13.1.